The molecule has 0 fully saturated rings. The van der Waals surface area contributed by atoms with E-state index in [1.807, 2.05) is 17.7 Å². The predicted molar refractivity (Wildman–Crippen MR) is 73.1 cm³/mol. The highest BCUT2D eigenvalue weighted by Crippen LogP contribution is 2.24. The topological polar surface area (TPSA) is 67.2 Å². The van der Waals surface area contributed by atoms with Crippen molar-refractivity contribution in [2.45, 2.75) is 26.8 Å². The Hall–Kier alpha value is -2.30. The second kappa shape index (κ2) is 5.56. The average molecular weight is 259 g/mol. The van der Waals surface area contributed by atoms with Gasteiger partial charge < -0.3 is 15.0 Å². The number of aromatic hydroxyl groups is 1. The van der Waals surface area contributed by atoms with Crippen molar-refractivity contribution < 1.29 is 9.90 Å². The van der Waals surface area contributed by atoms with Gasteiger partial charge in [-0.3, -0.25) is 4.79 Å². The minimum Gasteiger partial charge on any atom is -0.508 e. The Morgan fingerprint density at radius 1 is 1.37 bits per heavy atom. The highest BCUT2D eigenvalue weighted by atomic mass is 16.3. The van der Waals surface area contributed by atoms with Crippen LogP contribution in [0.2, 0.25) is 0 Å². The van der Waals surface area contributed by atoms with Crippen molar-refractivity contribution in [2.24, 2.45) is 0 Å². The molecule has 2 N–H and O–H groups in total. The Labute approximate surface area is 111 Å². The number of hydrogen-bond donors (Lipinski definition) is 2. The third-order valence-corrected chi connectivity index (χ3v) is 2.97. The van der Waals surface area contributed by atoms with Crippen molar-refractivity contribution in [3.63, 3.8) is 0 Å². The van der Waals surface area contributed by atoms with Crippen LogP contribution in [-0.4, -0.2) is 20.6 Å². The molecule has 1 aromatic carbocycles. The number of hydrogen-bond acceptors (Lipinski definition) is 3. The molecule has 1 aromatic heterocycles. The van der Waals surface area contributed by atoms with Crippen LogP contribution in [0.1, 0.15) is 17.5 Å². The lowest BCUT2D eigenvalue weighted by Crippen LogP contribution is -2.14. The van der Waals surface area contributed by atoms with Crippen molar-refractivity contribution in [1.82, 2.24) is 9.55 Å². The standard InChI is InChI=1S/C14H17N3O2/c1-10-8-13(18)11(2)7-12(10)16-14(19)3-5-17-6-4-15-9-17/h4,6-9,18H,3,5H2,1-2H3,(H,16,19). The van der Waals surface area contributed by atoms with Gasteiger partial charge in [0.25, 0.3) is 0 Å². The summed E-state index contributed by atoms with van der Waals surface area (Å²) >= 11 is 0. The maximum atomic E-state index is 11.8. The van der Waals surface area contributed by atoms with Gasteiger partial charge in [-0.2, -0.15) is 0 Å². The minimum absolute atomic E-state index is 0.0538. The Morgan fingerprint density at radius 2 is 2.16 bits per heavy atom. The van der Waals surface area contributed by atoms with E-state index in [9.17, 15) is 9.90 Å². The molecule has 2 rings (SSSR count). The zero-order valence-corrected chi connectivity index (χ0v) is 11.1. The molecule has 0 bridgehead atoms. The lowest BCUT2D eigenvalue weighted by Gasteiger charge is -2.10. The number of amides is 1. The van der Waals surface area contributed by atoms with E-state index in [1.54, 1.807) is 31.6 Å². The number of carbonyl (C=O) groups excluding carboxylic acids is 1. The zero-order valence-electron chi connectivity index (χ0n) is 11.1. The molecule has 0 aliphatic carbocycles. The van der Waals surface area contributed by atoms with Crippen LogP contribution in [0.5, 0.6) is 5.75 Å². The Morgan fingerprint density at radius 3 is 2.84 bits per heavy atom. The number of benzene rings is 1. The molecule has 0 aliphatic heterocycles. The molecule has 0 atom stereocenters. The fraction of sp³-hybridized carbons (Fsp3) is 0.286. The van der Waals surface area contributed by atoms with Crippen molar-refractivity contribution in [3.05, 3.63) is 42.0 Å². The number of carbonyl (C=O) groups is 1. The largest absolute Gasteiger partial charge is 0.508 e. The van der Waals surface area contributed by atoms with E-state index in [2.05, 4.69) is 10.3 Å². The molecule has 19 heavy (non-hydrogen) atoms. The molecule has 2 aromatic rings. The smallest absolute Gasteiger partial charge is 0.226 e. The number of phenolic OH excluding ortho intramolecular Hbond substituents is 1. The Bertz CT molecular complexity index is 577. The normalized spacial score (nSPS) is 10.4. The molecule has 1 amide bonds. The first-order chi connectivity index (χ1) is 9.06. The summed E-state index contributed by atoms with van der Waals surface area (Å²) in [6, 6.07) is 3.43. The van der Waals surface area contributed by atoms with Crippen LogP contribution >= 0.6 is 0 Å². The Balaban J connectivity index is 1.97. The molecule has 0 unspecified atom stereocenters. The van der Waals surface area contributed by atoms with Crippen LogP contribution in [0.4, 0.5) is 5.69 Å². The third kappa shape index (κ3) is 3.34. The minimum atomic E-state index is -0.0538. The maximum Gasteiger partial charge on any atom is 0.226 e. The summed E-state index contributed by atoms with van der Waals surface area (Å²) in [4.78, 5) is 15.8. The molecule has 0 aliphatic rings. The molecule has 5 nitrogen and oxygen atoms in total. The van der Waals surface area contributed by atoms with Crippen LogP contribution < -0.4 is 5.32 Å². The van der Waals surface area contributed by atoms with Crippen LogP contribution in [0.25, 0.3) is 0 Å². The molecular formula is C14H17N3O2. The molecular weight excluding hydrogens is 242 g/mol. The molecule has 0 saturated heterocycles. The van der Waals surface area contributed by atoms with Gasteiger partial charge in [-0.15, -0.1) is 0 Å². The summed E-state index contributed by atoms with van der Waals surface area (Å²) in [5.41, 5.74) is 2.33. The van der Waals surface area contributed by atoms with E-state index in [4.69, 9.17) is 0 Å². The van der Waals surface area contributed by atoms with Gasteiger partial charge in [0.2, 0.25) is 5.91 Å². The number of nitrogens with one attached hydrogen (secondary N) is 1. The molecule has 1 heterocycles. The number of aryl methyl sites for hydroxylation is 3. The van der Waals surface area contributed by atoms with Gasteiger partial charge in [-0.05, 0) is 37.1 Å². The number of nitrogens with zero attached hydrogens (tertiary/aromatic N) is 2. The Kier molecular flexibility index (Phi) is 3.85. The van der Waals surface area contributed by atoms with E-state index >= 15 is 0 Å². The van der Waals surface area contributed by atoms with Gasteiger partial charge in [0.05, 0.1) is 6.33 Å². The fourth-order valence-corrected chi connectivity index (χ4v) is 1.80. The monoisotopic (exact) mass is 259 g/mol. The second-order valence-corrected chi connectivity index (χ2v) is 4.55. The van der Waals surface area contributed by atoms with E-state index in [1.165, 1.54) is 0 Å². The van der Waals surface area contributed by atoms with Crippen molar-refractivity contribution in [3.8, 4) is 5.75 Å². The maximum absolute atomic E-state index is 11.8. The summed E-state index contributed by atoms with van der Waals surface area (Å²) < 4.78 is 1.86. The third-order valence-electron chi connectivity index (χ3n) is 2.97. The number of imidazole rings is 1. The van der Waals surface area contributed by atoms with Gasteiger partial charge in [0.1, 0.15) is 5.75 Å². The first kappa shape index (κ1) is 13.1. The number of rotatable bonds is 4. The lowest BCUT2D eigenvalue weighted by atomic mass is 10.1. The van der Waals surface area contributed by atoms with E-state index < -0.39 is 0 Å². The quantitative estimate of drug-likeness (QED) is 0.827. The highest BCUT2D eigenvalue weighted by Gasteiger charge is 2.07. The first-order valence-electron chi connectivity index (χ1n) is 6.12. The van der Waals surface area contributed by atoms with Crippen LogP contribution in [0.3, 0.4) is 0 Å². The fourth-order valence-electron chi connectivity index (χ4n) is 1.80. The second-order valence-electron chi connectivity index (χ2n) is 4.55. The van der Waals surface area contributed by atoms with E-state index in [0.29, 0.717) is 13.0 Å². The molecule has 0 saturated carbocycles. The summed E-state index contributed by atoms with van der Waals surface area (Å²) in [5.74, 6) is 0.191. The summed E-state index contributed by atoms with van der Waals surface area (Å²) in [7, 11) is 0. The van der Waals surface area contributed by atoms with Crippen LogP contribution in [-0.2, 0) is 11.3 Å². The van der Waals surface area contributed by atoms with Crippen LogP contribution in [0.15, 0.2) is 30.9 Å². The molecule has 100 valence electrons. The van der Waals surface area contributed by atoms with E-state index in [0.717, 1.165) is 16.8 Å². The van der Waals surface area contributed by atoms with Gasteiger partial charge >= 0.3 is 0 Å². The van der Waals surface area contributed by atoms with Crippen molar-refractivity contribution in [2.75, 3.05) is 5.32 Å². The average Bonchev–Trinajstić information content (AvgIpc) is 2.86. The van der Waals surface area contributed by atoms with Gasteiger partial charge in [-0.25, -0.2) is 4.98 Å². The molecule has 5 heteroatoms. The highest BCUT2D eigenvalue weighted by molar-refractivity contribution is 5.91. The predicted octanol–water partition coefficient (Wildman–Crippen LogP) is 2.23. The summed E-state index contributed by atoms with van der Waals surface area (Å²) in [5, 5.41) is 12.4. The van der Waals surface area contributed by atoms with E-state index in [-0.39, 0.29) is 11.7 Å². The van der Waals surface area contributed by atoms with Gasteiger partial charge in [0.15, 0.2) is 0 Å². The van der Waals surface area contributed by atoms with Crippen LogP contribution in [0, 0.1) is 13.8 Å². The molecule has 0 radical (unpaired) electrons. The summed E-state index contributed by atoms with van der Waals surface area (Å²) in [6.45, 7) is 4.25. The van der Waals surface area contributed by atoms with Gasteiger partial charge in [0, 0.05) is 31.0 Å². The van der Waals surface area contributed by atoms with Crippen molar-refractivity contribution >= 4 is 11.6 Å². The summed E-state index contributed by atoms with van der Waals surface area (Å²) in [6.07, 6.45) is 5.58. The van der Waals surface area contributed by atoms with Crippen molar-refractivity contribution in [1.29, 1.82) is 0 Å². The zero-order chi connectivity index (χ0) is 13.8. The SMILES string of the molecule is Cc1cc(NC(=O)CCn2ccnc2)c(C)cc1O. The number of anilines is 1. The van der Waals surface area contributed by atoms with Gasteiger partial charge in [-0.1, -0.05) is 0 Å². The number of aromatic nitrogens is 2. The molecule has 0 spiro atoms. The lowest BCUT2D eigenvalue weighted by molar-refractivity contribution is -0.116. The number of phenols is 1. The first-order valence-corrected chi connectivity index (χ1v) is 6.12.